The molecule has 94 valence electrons. The van der Waals surface area contributed by atoms with Crippen molar-refractivity contribution in [3.63, 3.8) is 0 Å². The van der Waals surface area contributed by atoms with Crippen molar-refractivity contribution in [2.75, 3.05) is 19.8 Å². The molecule has 17 heavy (non-hydrogen) atoms. The Morgan fingerprint density at radius 2 is 2.06 bits per heavy atom. The van der Waals surface area contributed by atoms with E-state index in [9.17, 15) is 9.90 Å². The van der Waals surface area contributed by atoms with Gasteiger partial charge in [-0.15, -0.1) is 11.8 Å². The van der Waals surface area contributed by atoms with Crippen LogP contribution in [0.15, 0.2) is 29.2 Å². The van der Waals surface area contributed by atoms with E-state index in [1.54, 1.807) is 18.8 Å². The molecule has 0 aliphatic rings. The lowest BCUT2D eigenvalue weighted by atomic mass is 10.2. The zero-order valence-corrected chi connectivity index (χ0v) is 10.9. The topological polar surface area (TPSA) is 66.6 Å². The van der Waals surface area contributed by atoms with E-state index in [2.05, 4.69) is 0 Å². The Kier molecular flexibility index (Phi) is 5.47. The number of nitrogens with two attached hydrogens (primary N) is 1. The van der Waals surface area contributed by atoms with Gasteiger partial charge in [0.25, 0.3) is 5.91 Å². The van der Waals surface area contributed by atoms with Crippen LogP contribution in [0.2, 0.25) is 0 Å². The van der Waals surface area contributed by atoms with Gasteiger partial charge in [0.15, 0.2) is 0 Å². The zero-order chi connectivity index (χ0) is 12.8. The molecule has 0 aliphatic heterocycles. The molecule has 1 amide bonds. The molecule has 1 rings (SSSR count). The molecule has 0 saturated heterocycles. The number of hydrogen-bond donors (Lipinski definition) is 2. The average Bonchev–Trinajstić information content (AvgIpc) is 2.37. The Morgan fingerprint density at radius 3 is 2.53 bits per heavy atom. The third-order valence-corrected chi connectivity index (χ3v) is 3.21. The first-order valence-electron chi connectivity index (χ1n) is 5.34. The highest BCUT2D eigenvalue weighted by Crippen LogP contribution is 2.15. The highest BCUT2D eigenvalue weighted by molar-refractivity contribution is 7.98. The van der Waals surface area contributed by atoms with Gasteiger partial charge >= 0.3 is 0 Å². The number of rotatable bonds is 5. The molecule has 0 heterocycles. The SMILES string of the molecule is CSc1ccc(CN(C)C(=O)C(O)CN)cc1. The van der Waals surface area contributed by atoms with Crippen molar-refractivity contribution in [1.29, 1.82) is 0 Å². The van der Waals surface area contributed by atoms with Crippen molar-refractivity contribution in [2.45, 2.75) is 17.5 Å². The third kappa shape index (κ3) is 4.03. The lowest BCUT2D eigenvalue weighted by Crippen LogP contribution is -2.40. The lowest BCUT2D eigenvalue weighted by molar-refractivity contribution is -0.138. The second-order valence-corrected chi connectivity index (χ2v) is 4.67. The van der Waals surface area contributed by atoms with Crippen molar-refractivity contribution >= 4 is 17.7 Å². The van der Waals surface area contributed by atoms with Crippen molar-refractivity contribution in [3.8, 4) is 0 Å². The number of carbonyl (C=O) groups is 1. The van der Waals surface area contributed by atoms with Gasteiger partial charge in [-0.2, -0.15) is 0 Å². The molecule has 1 aromatic carbocycles. The van der Waals surface area contributed by atoms with Crippen LogP contribution in [-0.2, 0) is 11.3 Å². The summed E-state index contributed by atoms with van der Waals surface area (Å²) < 4.78 is 0. The minimum absolute atomic E-state index is 0.0470. The number of nitrogens with zero attached hydrogens (tertiary/aromatic N) is 1. The van der Waals surface area contributed by atoms with E-state index < -0.39 is 6.10 Å². The van der Waals surface area contributed by atoms with Crippen molar-refractivity contribution in [2.24, 2.45) is 5.73 Å². The molecular formula is C12H18N2O2S. The first-order chi connectivity index (χ1) is 8.08. The maximum Gasteiger partial charge on any atom is 0.252 e. The number of aliphatic hydroxyl groups excluding tert-OH is 1. The van der Waals surface area contributed by atoms with E-state index in [-0.39, 0.29) is 12.5 Å². The fourth-order valence-electron chi connectivity index (χ4n) is 1.44. The second-order valence-electron chi connectivity index (χ2n) is 3.79. The van der Waals surface area contributed by atoms with Gasteiger partial charge in [-0.25, -0.2) is 0 Å². The minimum Gasteiger partial charge on any atom is -0.382 e. The van der Waals surface area contributed by atoms with Gasteiger partial charge in [0.05, 0.1) is 0 Å². The number of likely N-dealkylation sites (N-methyl/N-ethyl adjacent to an activating group) is 1. The molecule has 0 aliphatic carbocycles. The Morgan fingerprint density at radius 1 is 1.47 bits per heavy atom. The molecule has 0 saturated carbocycles. The minimum atomic E-state index is -1.11. The molecule has 0 aromatic heterocycles. The summed E-state index contributed by atoms with van der Waals surface area (Å²) in [4.78, 5) is 14.3. The summed E-state index contributed by atoms with van der Waals surface area (Å²) >= 11 is 1.67. The van der Waals surface area contributed by atoms with Gasteiger partial charge in [-0.05, 0) is 24.0 Å². The fourth-order valence-corrected chi connectivity index (χ4v) is 1.85. The Balaban J connectivity index is 2.61. The van der Waals surface area contributed by atoms with Gasteiger partial charge in [-0.3, -0.25) is 4.79 Å². The average molecular weight is 254 g/mol. The number of benzene rings is 1. The van der Waals surface area contributed by atoms with Gasteiger partial charge < -0.3 is 15.7 Å². The monoisotopic (exact) mass is 254 g/mol. The summed E-state index contributed by atoms with van der Waals surface area (Å²) in [5.41, 5.74) is 6.27. The van der Waals surface area contributed by atoms with Crippen LogP contribution < -0.4 is 5.73 Å². The van der Waals surface area contributed by atoms with Crippen molar-refractivity contribution in [3.05, 3.63) is 29.8 Å². The number of aliphatic hydroxyl groups is 1. The predicted octanol–water partition coefficient (Wildman–Crippen LogP) is 0.686. The van der Waals surface area contributed by atoms with Gasteiger partial charge in [-0.1, -0.05) is 12.1 Å². The molecule has 5 heteroatoms. The number of amides is 1. The Bertz CT molecular complexity index is 367. The van der Waals surface area contributed by atoms with Crippen molar-refractivity contribution < 1.29 is 9.90 Å². The first-order valence-corrected chi connectivity index (χ1v) is 6.57. The van der Waals surface area contributed by atoms with E-state index in [0.29, 0.717) is 6.54 Å². The standard InChI is InChI=1S/C12H18N2O2S/c1-14(12(16)11(15)7-13)8-9-3-5-10(17-2)6-4-9/h3-6,11,15H,7-8,13H2,1-2H3. The molecule has 0 radical (unpaired) electrons. The summed E-state index contributed by atoms with van der Waals surface area (Å²) in [6.45, 7) is 0.430. The third-order valence-electron chi connectivity index (χ3n) is 2.46. The highest BCUT2D eigenvalue weighted by atomic mass is 32.2. The quantitative estimate of drug-likeness (QED) is 0.759. The van der Waals surface area contributed by atoms with Gasteiger partial charge in [0.1, 0.15) is 6.10 Å². The van der Waals surface area contributed by atoms with E-state index in [0.717, 1.165) is 5.56 Å². The molecule has 0 fully saturated rings. The zero-order valence-electron chi connectivity index (χ0n) is 10.1. The van der Waals surface area contributed by atoms with Crippen LogP contribution in [0.25, 0.3) is 0 Å². The first kappa shape index (κ1) is 14.0. The Labute approximate surface area is 106 Å². The van der Waals surface area contributed by atoms with E-state index in [1.807, 2.05) is 30.5 Å². The van der Waals surface area contributed by atoms with Crippen molar-refractivity contribution in [1.82, 2.24) is 4.90 Å². The summed E-state index contributed by atoms with van der Waals surface area (Å²) in [7, 11) is 1.66. The lowest BCUT2D eigenvalue weighted by Gasteiger charge is -2.20. The van der Waals surface area contributed by atoms with E-state index >= 15 is 0 Å². The van der Waals surface area contributed by atoms with Crippen LogP contribution in [-0.4, -0.2) is 41.9 Å². The molecule has 0 spiro atoms. The maximum absolute atomic E-state index is 11.6. The molecule has 1 aromatic rings. The molecular weight excluding hydrogens is 236 g/mol. The fraction of sp³-hybridized carbons (Fsp3) is 0.417. The van der Waals surface area contributed by atoms with Gasteiger partial charge in [0, 0.05) is 25.0 Å². The highest BCUT2D eigenvalue weighted by Gasteiger charge is 2.17. The summed E-state index contributed by atoms with van der Waals surface area (Å²) in [6, 6.07) is 7.98. The molecule has 0 bridgehead atoms. The molecule has 1 atom stereocenters. The predicted molar refractivity (Wildman–Crippen MR) is 69.8 cm³/mol. The van der Waals surface area contributed by atoms with Crippen LogP contribution in [0.4, 0.5) is 0 Å². The van der Waals surface area contributed by atoms with Crippen LogP contribution in [0.1, 0.15) is 5.56 Å². The summed E-state index contributed by atoms with van der Waals surface area (Å²) in [5.74, 6) is -0.346. The molecule has 3 N–H and O–H groups in total. The van der Waals surface area contributed by atoms with Crippen LogP contribution in [0.3, 0.4) is 0 Å². The Hall–Kier alpha value is -1.04. The summed E-state index contributed by atoms with van der Waals surface area (Å²) in [5, 5.41) is 9.34. The van der Waals surface area contributed by atoms with Gasteiger partial charge in [0.2, 0.25) is 0 Å². The number of thioether (sulfide) groups is 1. The molecule has 1 unspecified atom stereocenters. The maximum atomic E-state index is 11.6. The summed E-state index contributed by atoms with van der Waals surface area (Å²) in [6.07, 6.45) is 0.910. The number of carbonyl (C=O) groups excluding carboxylic acids is 1. The number of hydrogen-bond acceptors (Lipinski definition) is 4. The van der Waals surface area contributed by atoms with E-state index in [4.69, 9.17) is 5.73 Å². The second kappa shape index (κ2) is 6.64. The largest absolute Gasteiger partial charge is 0.382 e. The normalized spacial score (nSPS) is 12.2. The smallest absolute Gasteiger partial charge is 0.252 e. The molecule has 4 nitrogen and oxygen atoms in total. The van der Waals surface area contributed by atoms with Crippen LogP contribution >= 0.6 is 11.8 Å². The van der Waals surface area contributed by atoms with Crippen LogP contribution in [0, 0.1) is 0 Å². The van der Waals surface area contributed by atoms with Crippen LogP contribution in [0.5, 0.6) is 0 Å². The van der Waals surface area contributed by atoms with E-state index in [1.165, 1.54) is 9.80 Å².